The predicted octanol–water partition coefficient (Wildman–Crippen LogP) is 3.21. The summed E-state index contributed by atoms with van der Waals surface area (Å²) in [6.45, 7) is 6.74. The Labute approximate surface area is 165 Å². The third-order valence-electron chi connectivity index (χ3n) is 4.66. The molecule has 0 aliphatic carbocycles. The molecule has 0 saturated heterocycles. The summed E-state index contributed by atoms with van der Waals surface area (Å²) in [7, 11) is 1.66. The van der Waals surface area contributed by atoms with Gasteiger partial charge >= 0.3 is 0 Å². The monoisotopic (exact) mass is 384 g/mol. The largest absolute Gasteiger partial charge is 0.496 e. The summed E-state index contributed by atoms with van der Waals surface area (Å²) < 4.78 is 7.44. The van der Waals surface area contributed by atoms with Crippen LogP contribution in [0.3, 0.4) is 0 Å². The molecule has 3 aromatic rings. The highest BCUT2D eigenvalue weighted by atomic mass is 16.5. The molecule has 0 bridgehead atoms. The lowest BCUT2D eigenvalue weighted by molar-refractivity contribution is 0.271. The van der Waals surface area contributed by atoms with Crippen LogP contribution >= 0.6 is 0 Å². The average Bonchev–Trinajstić information content (AvgIpc) is 3.14. The van der Waals surface area contributed by atoms with E-state index in [0.717, 1.165) is 23.4 Å². The average molecular weight is 384 g/mol. The maximum atomic E-state index is 9.52. The molecule has 0 aliphatic heterocycles. The predicted molar refractivity (Wildman–Crippen MR) is 111 cm³/mol. The van der Waals surface area contributed by atoms with Crippen molar-refractivity contribution < 1.29 is 9.84 Å². The first-order valence-electron chi connectivity index (χ1n) is 9.55. The summed E-state index contributed by atoms with van der Waals surface area (Å²) in [5.74, 6) is 1.93. The molecule has 0 spiro atoms. The number of aliphatic hydroxyl groups excluding tert-OH is 1. The van der Waals surface area contributed by atoms with E-state index in [9.17, 15) is 5.11 Å². The second kappa shape index (κ2) is 8.88. The van der Waals surface area contributed by atoms with Crippen LogP contribution in [0.1, 0.15) is 38.8 Å². The molecule has 8 nitrogen and oxygen atoms in total. The van der Waals surface area contributed by atoms with E-state index in [-0.39, 0.29) is 18.7 Å². The number of aromatic nitrogens is 4. The minimum Gasteiger partial charge on any atom is -0.496 e. The molecule has 1 unspecified atom stereocenters. The number of para-hydroxylation sites is 1. The van der Waals surface area contributed by atoms with Crippen LogP contribution in [0.2, 0.25) is 0 Å². The van der Waals surface area contributed by atoms with Gasteiger partial charge in [0, 0.05) is 18.2 Å². The van der Waals surface area contributed by atoms with Gasteiger partial charge in [-0.1, -0.05) is 25.1 Å². The van der Waals surface area contributed by atoms with Crippen LogP contribution in [0.15, 0.2) is 30.6 Å². The Morgan fingerprint density at radius 3 is 2.68 bits per heavy atom. The van der Waals surface area contributed by atoms with Gasteiger partial charge in [0.05, 0.1) is 26.1 Å². The molecule has 0 fully saturated rings. The van der Waals surface area contributed by atoms with E-state index < -0.39 is 0 Å². The van der Waals surface area contributed by atoms with Crippen molar-refractivity contribution in [1.82, 2.24) is 19.5 Å². The van der Waals surface area contributed by atoms with Crippen LogP contribution in [0.4, 0.5) is 11.8 Å². The number of rotatable bonds is 9. The molecule has 3 N–H and O–H groups in total. The van der Waals surface area contributed by atoms with Gasteiger partial charge < -0.3 is 25.0 Å². The van der Waals surface area contributed by atoms with Gasteiger partial charge in [0.2, 0.25) is 5.95 Å². The van der Waals surface area contributed by atoms with Gasteiger partial charge in [-0.2, -0.15) is 9.97 Å². The summed E-state index contributed by atoms with van der Waals surface area (Å²) in [4.78, 5) is 13.8. The third kappa shape index (κ3) is 4.17. The number of imidazole rings is 1. The van der Waals surface area contributed by atoms with Crippen molar-refractivity contribution >= 4 is 22.9 Å². The number of hydrogen-bond acceptors (Lipinski definition) is 7. The number of nitrogens with one attached hydrogen (secondary N) is 2. The Kier molecular flexibility index (Phi) is 6.30. The normalized spacial score (nSPS) is 12.4. The first kappa shape index (κ1) is 19.9. The van der Waals surface area contributed by atoms with Crippen LogP contribution in [-0.2, 0) is 6.54 Å². The zero-order valence-electron chi connectivity index (χ0n) is 16.8. The zero-order valence-corrected chi connectivity index (χ0v) is 16.8. The molecule has 2 aromatic heterocycles. The molecular weight excluding hydrogens is 356 g/mol. The van der Waals surface area contributed by atoms with Crippen molar-refractivity contribution in [2.75, 3.05) is 24.4 Å². The van der Waals surface area contributed by atoms with Gasteiger partial charge in [-0.3, -0.25) is 0 Å². The Bertz CT molecular complexity index is 920. The molecule has 3 rings (SSSR count). The standard InChI is InChI=1S/C20H28N6O2/c1-5-15(11-27)23-20-24-18(17-19(25-20)26(12-22-17)13(2)3)21-10-14-8-6-7-9-16(14)28-4/h6-9,12-13,15,27H,5,10-11H2,1-4H3,(H2,21,23,24,25). The molecule has 0 amide bonds. The summed E-state index contributed by atoms with van der Waals surface area (Å²) in [5, 5.41) is 16.1. The number of anilines is 2. The molecule has 150 valence electrons. The zero-order chi connectivity index (χ0) is 20.1. The number of fused-ring (bicyclic) bond motifs is 1. The first-order valence-corrected chi connectivity index (χ1v) is 9.55. The maximum Gasteiger partial charge on any atom is 0.227 e. The van der Waals surface area contributed by atoms with Gasteiger partial charge in [-0.15, -0.1) is 0 Å². The van der Waals surface area contributed by atoms with E-state index in [1.165, 1.54) is 0 Å². The highest BCUT2D eigenvalue weighted by Gasteiger charge is 2.16. The SMILES string of the molecule is CCC(CO)Nc1nc(NCc2ccccc2OC)c2ncn(C(C)C)c2n1. The quantitative estimate of drug-likeness (QED) is 0.521. The number of hydrogen-bond donors (Lipinski definition) is 3. The van der Waals surface area contributed by atoms with Crippen molar-refractivity contribution in [3.05, 3.63) is 36.2 Å². The van der Waals surface area contributed by atoms with Crippen molar-refractivity contribution in [2.45, 2.75) is 45.8 Å². The van der Waals surface area contributed by atoms with E-state index in [0.29, 0.717) is 23.8 Å². The van der Waals surface area contributed by atoms with Crippen molar-refractivity contribution in [2.24, 2.45) is 0 Å². The van der Waals surface area contributed by atoms with Crippen molar-refractivity contribution in [3.63, 3.8) is 0 Å². The second-order valence-corrected chi connectivity index (χ2v) is 6.91. The minimum absolute atomic E-state index is 0.0192. The van der Waals surface area contributed by atoms with E-state index in [2.05, 4.69) is 39.4 Å². The summed E-state index contributed by atoms with van der Waals surface area (Å²) in [6.07, 6.45) is 2.55. The molecular formula is C20H28N6O2. The van der Waals surface area contributed by atoms with E-state index in [1.807, 2.05) is 35.8 Å². The Morgan fingerprint density at radius 2 is 2.00 bits per heavy atom. The highest BCUT2D eigenvalue weighted by Crippen LogP contribution is 2.25. The number of ether oxygens (including phenoxy) is 1. The minimum atomic E-state index is -0.102. The lowest BCUT2D eigenvalue weighted by Gasteiger charge is -2.16. The molecule has 28 heavy (non-hydrogen) atoms. The summed E-state index contributed by atoms with van der Waals surface area (Å²) in [6, 6.07) is 7.97. The third-order valence-corrected chi connectivity index (χ3v) is 4.66. The van der Waals surface area contributed by atoms with Crippen molar-refractivity contribution in [3.8, 4) is 5.75 Å². The van der Waals surface area contributed by atoms with Gasteiger partial charge in [0.15, 0.2) is 17.0 Å². The number of nitrogens with zero attached hydrogens (tertiary/aromatic N) is 4. The molecule has 0 radical (unpaired) electrons. The molecule has 8 heteroatoms. The van der Waals surface area contributed by atoms with Crippen LogP contribution in [0.25, 0.3) is 11.2 Å². The molecule has 0 saturated carbocycles. The summed E-state index contributed by atoms with van der Waals surface area (Å²) >= 11 is 0. The van der Waals surface area contributed by atoms with Crippen LogP contribution in [0, 0.1) is 0 Å². The number of benzene rings is 1. The van der Waals surface area contributed by atoms with Crippen molar-refractivity contribution in [1.29, 1.82) is 0 Å². The second-order valence-electron chi connectivity index (χ2n) is 6.91. The fourth-order valence-corrected chi connectivity index (χ4v) is 2.97. The van der Waals surface area contributed by atoms with Gasteiger partial charge in [-0.25, -0.2) is 4.98 Å². The van der Waals surface area contributed by atoms with Crippen LogP contribution < -0.4 is 15.4 Å². The van der Waals surface area contributed by atoms with E-state index in [4.69, 9.17) is 4.74 Å². The van der Waals surface area contributed by atoms with Gasteiger partial charge in [0.25, 0.3) is 0 Å². The number of aliphatic hydroxyl groups is 1. The highest BCUT2D eigenvalue weighted by molar-refractivity contribution is 5.84. The maximum absolute atomic E-state index is 9.52. The lowest BCUT2D eigenvalue weighted by Crippen LogP contribution is -2.24. The van der Waals surface area contributed by atoms with Crippen LogP contribution in [0.5, 0.6) is 5.75 Å². The molecule has 1 aromatic carbocycles. The Hall–Kier alpha value is -2.87. The van der Waals surface area contributed by atoms with E-state index in [1.54, 1.807) is 13.4 Å². The molecule has 1 atom stereocenters. The van der Waals surface area contributed by atoms with Gasteiger partial charge in [-0.05, 0) is 26.3 Å². The topological polar surface area (TPSA) is 97.1 Å². The Balaban J connectivity index is 1.97. The fourth-order valence-electron chi connectivity index (χ4n) is 2.97. The molecule has 0 aliphatic rings. The lowest BCUT2D eigenvalue weighted by atomic mass is 10.2. The van der Waals surface area contributed by atoms with Gasteiger partial charge in [0.1, 0.15) is 5.75 Å². The Morgan fingerprint density at radius 1 is 1.21 bits per heavy atom. The fraction of sp³-hybridized carbons (Fsp3) is 0.450. The number of methoxy groups -OCH3 is 1. The smallest absolute Gasteiger partial charge is 0.227 e. The van der Waals surface area contributed by atoms with E-state index >= 15 is 0 Å². The summed E-state index contributed by atoms with van der Waals surface area (Å²) in [5.41, 5.74) is 2.49. The molecule has 2 heterocycles. The first-order chi connectivity index (χ1) is 13.6. The van der Waals surface area contributed by atoms with Crippen LogP contribution in [-0.4, -0.2) is 44.4 Å².